The number of amides is 1. The maximum atomic E-state index is 12.5. The Morgan fingerprint density at radius 2 is 1.68 bits per heavy atom. The lowest BCUT2D eigenvalue weighted by molar-refractivity contribution is 0.267. The maximum Gasteiger partial charge on any atom is 0.311 e. The highest BCUT2D eigenvalue weighted by Gasteiger charge is 2.37. The van der Waals surface area contributed by atoms with Crippen LogP contribution in [0.2, 0.25) is 10.0 Å². The summed E-state index contributed by atoms with van der Waals surface area (Å²) in [6, 6.07) is 26.7. The van der Waals surface area contributed by atoms with Crippen molar-refractivity contribution in [1.29, 1.82) is 0 Å². The second kappa shape index (κ2) is 9.71. The van der Waals surface area contributed by atoms with E-state index in [2.05, 4.69) is 35.3 Å². The predicted octanol–water partition coefficient (Wildman–Crippen LogP) is 8.31. The Kier molecular flexibility index (Phi) is 6.24. The molecule has 2 aliphatic rings. The van der Waals surface area contributed by atoms with Gasteiger partial charge in [-0.2, -0.15) is 10.1 Å². The fourth-order valence-electron chi connectivity index (χ4n) is 4.54. The molecule has 6 rings (SSSR count). The third-order valence-corrected chi connectivity index (χ3v) is 7.63. The van der Waals surface area contributed by atoms with Crippen molar-refractivity contribution in [1.82, 2.24) is 5.01 Å². The molecule has 1 N–H and O–H groups in total. The molecule has 37 heavy (non-hydrogen) atoms. The van der Waals surface area contributed by atoms with E-state index >= 15 is 0 Å². The van der Waals surface area contributed by atoms with E-state index in [1.165, 1.54) is 6.07 Å². The highest BCUT2D eigenvalue weighted by molar-refractivity contribution is 8.18. The van der Waals surface area contributed by atoms with Crippen LogP contribution in [0.4, 0.5) is 4.79 Å². The van der Waals surface area contributed by atoms with Crippen molar-refractivity contribution in [3.05, 3.63) is 117 Å². The topological polar surface area (TPSA) is 65.3 Å². The molecule has 0 fully saturated rings. The Hall–Kier alpha value is -3.58. The molecule has 1 atom stereocenters. The lowest BCUT2D eigenvalue weighted by atomic mass is 9.97. The van der Waals surface area contributed by atoms with Crippen molar-refractivity contribution in [3.8, 4) is 5.75 Å². The van der Waals surface area contributed by atoms with E-state index in [4.69, 9.17) is 28.3 Å². The molecule has 0 aliphatic carbocycles. The first kappa shape index (κ1) is 23.8. The maximum absolute atomic E-state index is 12.5. The molecule has 0 saturated carbocycles. The van der Waals surface area contributed by atoms with Crippen molar-refractivity contribution in [2.24, 2.45) is 10.1 Å². The monoisotopic (exact) mass is 543 g/mol. The highest BCUT2D eigenvalue weighted by Crippen LogP contribution is 2.40. The van der Waals surface area contributed by atoms with Crippen LogP contribution in [-0.4, -0.2) is 26.9 Å². The summed E-state index contributed by atoms with van der Waals surface area (Å²) < 4.78 is 0. The number of phenolic OH excluding ortho intramolecular Hbond substituents is 1. The number of halogens is 2. The van der Waals surface area contributed by atoms with E-state index in [1.54, 1.807) is 23.2 Å². The SMILES string of the molecule is O=C1N=C(N2N=C(c3ccc4ccccc4c3)CC2c2ccc(Cl)cc2)/C(=C/c2cc(Cl)ccc2O)S1. The summed E-state index contributed by atoms with van der Waals surface area (Å²) in [5.41, 5.74) is 3.40. The number of amidine groups is 1. The third kappa shape index (κ3) is 4.76. The lowest BCUT2D eigenvalue weighted by Gasteiger charge is -2.24. The minimum Gasteiger partial charge on any atom is -0.507 e. The predicted molar refractivity (Wildman–Crippen MR) is 153 cm³/mol. The van der Waals surface area contributed by atoms with Gasteiger partial charge in [0.05, 0.1) is 16.7 Å². The zero-order valence-corrected chi connectivity index (χ0v) is 21.6. The number of fused-ring (bicyclic) bond motifs is 1. The van der Waals surface area contributed by atoms with Gasteiger partial charge in [0.25, 0.3) is 0 Å². The van der Waals surface area contributed by atoms with Crippen LogP contribution >= 0.6 is 35.0 Å². The number of aromatic hydroxyl groups is 1. The number of carbonyl (C=O) groups excluding carboxylic acids is 1. The van der Waals surface area contributed by atoms with Gasteiger partial charge in [-0.1, -0.05) is 71.7 Å². The number of rotatable bonds is 3. The standard InChI is InChI=1S/C29H19Cl2N3O2S/c30-22-9-7-18(8-10-22)25-16-24(20-6-5-17-3-1-2-4-19(17)13-20)33-34(25)28-27(37-29(36)32-28)15-21-14-23(31)11-12-26(21)35/h1-15,25,35H,16H2/b27-15-. The smallest absolute Gasteiger partial charge is 0.311 e. The van der Waals surface area contributed by atoms with E-state index in [-0.39, 0.29) is 17.0 Å². The van der Waals surface area contributed by atoms with Crippen LogP contribution in [0.3, 0.4) is 0 Å². The molecule has 1 amide bonds. The summed E-state index contributed by atoms with van der Waals surface area (Å²) in [6.07, 6.45) is 2.34. The first-order valence-electron chi connectivity index (χ1n) is 11.6. The van der Waals surface area contributed by atoms with Crippen LogP contribution in [0, 0.1) is 0 Å². The van der Waals surface area contributed by atoms with Gasteiger partial charge < -0.3 is 5.11 Å². The summed E-state index contributed by atoms with van der Waals surface area (Å²) >= 11 is 13.3. The highest BCUT2D eigenvalue weighted by atomic mass is 35.5. The van der Waals surface area contributed by atoms with E-state index in [0.717, 1.165) is 39.4 Å². The second-order valence-corrected chi connectivity index (χ2v) is 10.6. The Morgan fingerprint density at radius 3 is 2.49 bits per heavy atom. The molecule has 0 spiro atoms. The van der Waals surface area contributed by atoms with Gasteiger partial charge in [-0.05, 0) is 76.1 Å². The molecule has 4 aromatic carbocycles. The van der Waals surface area contributed by atoms with Crippen molar-refractivity contribution < 1.29 is 9.90 Å². The average Bonchev–Trinajstić information content (AvgIpc) is 3.50. The number of hydrazone groups is 1. The van der Waals surface area contributed by atoms with Gasteiger partial charge >= 0.3 is 5.24 Å². The number of benzene rings is 4. The molecule has 2 aliphatic heterocycles. The van der Waals surface area contributed by atoms with Crippen molar-refractivity contribution in [2.45, 2.75) is 12.5 Å². The minimum atomic E-state index is -0.341. The lowest BCUT2D eigenvalue weighted by Crippen LogP contribution is -2.26. The van der Waals surface area contributed by atoms with Crippen LogP contribution in [0.15, 0.2) is 99.9 Å². The van der Waals surface area contributed by atoms with E-state index < -0.39 is 0 Å². The summed E-state index contributed by atoms with van der Waals surface area (Å²) in [4.78, 5) is 17.4. The van der Waals surface area contributed by atoms with Gasteiger partial charge in [0, 0.05) is 22.0 Å². The molecule has 182 valence electrons. The number of thioether (sulfide) groups is 1. The summed E-state index contributed by atoms with van der Waals surface area (Å²) in [6.45, 7) is 0. The number of nitrogens with zero attached hydrogens (tertiary/aromatic N) is 3. The van der Waals surface area contributed by atoms with Crippen LogP contribution in [0.5, 0.6) is 5.75 Å². The Labute approximate surface area is 227 Å². The molecule has 8 heteroatoms. The molecule has 4 aromatic rings. The van der Waals surface area contributed by atoms with Gasteiger partial charge in [-0.25, -0.2) is 5.01 Å². The molecular weight excluding hydrogens is 525 g/mol. The average molecular weight is 544 g/mol. The molecule has 0 radical (unpaired) electrons. The molecule has 2 heterocycles. The Bertz CT molecular complexity index is 1650. The summed E-state index contributed by atoms with van der Waals surface area (Å²) in [5, 5.41) is 20.2. The van der Waals surface area contributed by atoms with Crippen molar-refractivity contribution in [3.63, 3.8) is 0 Å². The van der Waals surface area contributed by atoms with Gasteiger partial charge in [0.15, 0.2) is 5.84 Å². The van der Waals surface area contributed by atoms with Crippen molar-refractivity contribution >= 4 is 68.6 Å². The van der Waals surface area contributed by atoms with Crippen LogP contribution in [-0.2, 0) is 0 Å². The zero-order valence-electron chi connectivity index (χ0n) is 19.3. The van der Waals surface area contributed by atoms with Crippen molar-refractivity contribution in [2.75, 3.05) is 0 Å². The fourth-order valence-corrected chi connectivity index (χ4v) is 5.58. The van der Waals surface area contributed by atoms with Gasteiger partial charge in [-0.15, -0.1) is 0 Å². The Morgan fingerprint density at radius 1 is 0.919 bits per heavy atom. The first-order valence-corrected chi connectivity index (χ1v) is 13.1. The zero-order chi connectivity index (χ0) is 25.5. The first-order chi connectivity index (χ1) is 17.9. The minimum absolute atomic E-state index is 0.0622. The molecule has 0 bridgehead atoms. The number of hydrogen-bond donors (Lipinski definition) is 1. The second-order valence-electron chi connectivity index (χ2n) is 8.74. The quantitative estimate of drug-likeness (QED) is 0.282. The molecule has 0 aromatic heterocycles. The summed E-state index contributed by atoms with van der Waals surface area (Å²) in [7, 11) is 0. The fraction of sp³-hybridized carbons (Fsp3) is 0.0690. The normalized spacial score (nSPS) is 18.5. The number of phenols is 1. The summed E-state index contributed by atoms with van der Waals surface area (Å²) in [5.74, 6) is 0.498. The number of aliphatic imine (C=N–C) groups is 1. The third-order valence-electron chi connectivity index (χ3n) is 6.36. The van der Waals surface area contributed by atoms with E-state index in [1.807, 2.05) is 36.4 Å². The van der Waals surface area contributed by atoms with Gasteiger partial charge in [0.2, 0.25) is 0 Å². The number of carbonyl (C=O) groups is 1. The van der Waals surface area contributed by atoms with E-state index in [9.17, 15) is 9.90 Å². The van der Waals surface area contributed by atoms with Gasteiger partial charge in [0.1, 0.15) is 5.75 Å². The molecule has 1 unspecified atom stereocenters. The van der Waals surface area contributed by atoms with Crippen LogP contribution < -0.4 is 0 Å². The number of hydrogen-bond acceptors (Lipinski definition) is 5. The molecule has 5 nitrogen and oxygen atoms in total. The van der Waals surface area contributed by atoms with E-state index in [0.29, 0.717) is 32.8 Å². The molecular formula is C29H19Cl2N3O2S. The van der Waals surface area contributed by atoms with Gasteiger partial charge in [-0.3, -0.25) is 4.79 Å². The van der Waals surface area contributed by atoms with Crippen LogP contribution in [0.25, 0.3) is 16.8 Å². The Balaban J connectivity index is 1.45. The van der Waals surface area contributed by atoms with Crippen LogP contribution in [0.1, 0.15) is 29.2 Å². The largest absolute Gasteiger partial charge is 0.507 e. The molecule has 0 saturated heterocycles.